The van der Waals surface area contributed by atoms with E-state index in [0.717, 1.165) is 25.2 Å². The number of aliphatic hydroxyl groups is 1. The molecule has 0 aromatic heterocycles. The molecule has 19 heavy (non-hydrogen) atoms. The molecule has 1 aromatic carbocycles. The molecule has 108 valence electrons. The molecule has 0 aliphatic carbocycles. The van der Waals surface area contributed by atoms with E-state index in [1.54, 1.807) is 12.1 Å². The third-order valence-corrected chi connectivity index (χ3v) is 3.11. The molecule has 2 N–H and O–H groups in total. The molecule has 0 aliphatic heterocycles. The van der Waals surface area contributed by atoms with Crippen molar-refractivity contribution in [1.82, 2.24) is 5.32 Å². The van der Waals surface area contributed by atoms with Crippen LogP contribution in [0.1, 0.15) is 27.2 Å². The summed E-state index contributed by atoms with van der Waals surface area (Å²) < 4.78 is 12.9. The first-order chi connectivity index (χ1) is 9.06. The molecule has 0 amide bonds. The van der Waals surface area contributed by atoms with Gasteiger partial charge in [-0.3, -0.25) is 0 Å². The molecule has 1 aromatic rings. The number of hydrogen-bond acceptors (Lipinski definition) is 3. The van der Waals surface area contributed by atoms with Crippen molar-refractivity contribution in [1.29, 1.82) is 0 Å². The van der Waals surface area contributed by atoms with Gasteiger partial charge in [0, 0.05) is 30.9 Å². The van der Waals surface area contributed by atoms with Crippen LogP contribution in [0.3, 0.4) is 0 Å². The third kappa shape index (κ3) is 5.57. The van der Waals surface area contributed by atoms with Crippen molar-refractivity contribution in [2.24, 2.45) is 0 Å². The van der Waals surface area contributed by atoms with Crippen LogP contribution in [0, 0.1) is 5.82 Å². The second-order valence-electron chi connectivity index (χ2n) is 5.05. The van der Waals surface area contributed by atoms with E-state index in [2.05, 4.69) is 31.0 Å². The van der Waals surface area contributed by atoms with Gasteiger partial charge < -0.3 is 15.3 Å². The van der Waals surface area contributed by atoms with Gasteiger partial charge in [0.1, 0.15) is 5.82 Å². The van der Waals surface area contributed by atoms with Gasteiger partial charge in [-0.1, -0.05) is 13.8 Å². The zero-order valence-corrected chi connectivity index (χ0v) is 12.1. The molecule has 0 heterocycles. The lowest BCUT2D eigenvalue weighted by Crippen LogP contribution is -2.40. The van der Waals surface area contributed by atoms with E-state index in [0.29, 0.717) is 6.04 Å². The van der Waals surface area contributed by atoms with Gasteiger partial charge in [0.25, 0.3) is 0 Å². The summed E-state index contributed by atoms with van der Waals surface area (Å²) in [6, 6.07) is 7.01. The molecule has 0 aliphatic rings. The van der Waals surface area contributed by atoms with Crippen LogP contribution in [0.25, 0.3) is 0 Å². The number of aliphatic hydroxyl groups excluding tert-OH is 1. The number of hydrogen-bond donors (Lipinski definition) is 2. The minimum absolute atomic E-state index is 0.106. The zero-order chi connectivity index (χ0) is 14.3. The Hall–Kier alpha value is -1.13. The van der Waals surface area contributed by atoms with E-state index in [4.69, 9.17) is 0 Å². The maximum Gasteiger partial charge on any atom is 0.123 e. The normalized spacial score (nSPS) is 12.7. The Morgan fingerprint density at radius 3 is 2.37 bits per heavy atom. The summed E-state index contributed by atoms with van der Waals surface area (Å²) in [6.07, 6.45) is 0.861. The van der Waals surface area contributed by atoms with Crippen LogP contribution in [0.2, 0.25) is 0 Å². The highest BCUT2D eigenvalue weighted by atomic mass is 19.1. The van der Waals surface area contributed by atoms with E-state index < -0.39 is 0 Å². The molecular formula is C15H25FN2O. The molecule has 3 nitrogen and oxygen atoms in total. The van der Waals surface area contributed by atoms with Crippen molar-refractivity contribution >= 4 is 5.69 Å². The molecule has 4 heteroatoms. The third-order valence-electron chi connectivity index (χ3n) is 3.11. The topological polar surface area (TPSA) is 35.5 Å². The fraction of sp³-hybridized carbons (Fsp3) is 0.600. The van der Waals surface area contributed by atoms with Gasteiger partial charge in [0.2, 0.25) is 0 Å². The molecule has 1 atom stereocenters. The molecule has 0 bridgehead atoms. The first kappa shape index (κ1) is 15.9. The summed E-state index contributed by atoms with van der Waals surface area (Å²) in [7, 11) is 0. The lowest BCUT2D eigenvalue weighted by atomic mass is 10.1. The predicted molar refractivity (Wildman–Crippen MR) is 78.0 cm³/mol. The van der Waals surface area contributed by atoms with E-state index in [-0.39, 0.29) is 18.5 Å². The van der Waals surface area contributed by atoms with E-state index in [1.807, 2.05) is 0 Å². The second-order valence-corrected chi connectivity index (χ2v) is 5.05. The van der Waals surface area contributed by atoms with Gasteiger partial charge in [0.15, 0.2) is 0 Å². The van der Waals surface area contributed by atoms with Crippen molar-refractivity contribution in [3.63, 3.8) is 0 Å². The quantitative estimate of drug-likeness (QED) is 0.760. The number of nitrogens with zero attached hydrogens (tertiary/aromatic N) is 1. The Morgan fingerprint density at radius 1 is 1.26 bits per heavy atom. The number of benzene rings is 1. The summed E-state index contributed by atoms with van der Waals surface area (Å²) >= 11 is 0. The second kappa shape index (κ2) is 8.12. The Bertz CT molecular complexity index is 354. The minimum Gasteiger partial charge on any atom is -0.395 e. The van der Waals surface area contributed by atoms with Gasteiger partial charge in [-0.15, -0.1) is 0 Å². The van der Waals surface area contributed by atoms with E-state index in [1.165, 1.54) is 12.1 Å². The molecule has 1 unspecified atom stereocenters. The Kier molecular flexibility index (Phi) is 6.81. The molecule has 0 saturated heterocycles. The lowest BCUT2D eigenvalue weighted by Gasteiger charge is -2.26. The average molecular weight is 268 g/mol. The molecule has 0 spiro atoms. The molecule has 0 saturated carbocycles. The van der Waals surface area contributed by atoms with Crippen molar-refractivity contribution in [3.05, 3.63) is 30.1 Å². The highest BCUT2D eigenvalue weighted by Gasteiger charge is 2.11. The molecule has 0 radical (unpaired) electrons. The zero-order valence-electron chi connectivity index (χ0n) is 12.1. The lowest BCUT2D eigenvalue weighted by molar-refractivity contribution is 0.229. The highest BCUT2D eigenvalue weighted by Crippen LogP contribution is 2.15. The summed E-state index contributed by atoms with van der Waals surface area (Å²) in [6.45, 7) is 8.06. The van der Waals surface area contributed by atoms with Crippen LogP contribution in [-0.4, -0.2) is 36.9 Å². The Balaban J connectivity index is 2.54. The fourth-order valence-electron chi connectivity index (χ4n) is 2.13. The Labute approximate surface area is 115 Å². The largest absolute Gasteiger partial charge is 0.395 e. The average Bonchev–Trinajstić information content (AvgIpc) is 2.39. The van der Waals surface area contributed by atoms with Crippen molar-refractivity contribution < 1.29 is 9.50 Å². The van der Waals surface area contributed by atoms with Crippen molar-refractivity contribution in [2.75, 3.05) is 24.6 Å². The van der Waals surface area contributed by atoms with Gasteiger partial charge >= 0.3 is 0 Å². The summed E-state index contributed by atoms with van der Waals surface area (Å²) in [5.74, 6) is -0.213. The van der Waals surface area contributed by atoms with E-state index >= 15 is 0 Å². The van der Waals surface area contributed by atoms with Gasteiger partial charge in [-0.2, -0.15) is 0 Å². The molecule has 0 fully saturated rings. The summed E-state index contributed by atoms with van der Waals surface area (Å²) in [5, 5.41) is 12.7. The number of anilines is 1. The van der Waals surface area contributed by atoms with Crippen LogP contribution in [-0.2, 0) is 0 Å². The monoisotopic (exact) mass is 268 g/mol. The minimum atomic E-state index is -0.213. The summed E-state index contributed by atoms with van der Waals surface area (Å²) in [4.78, 5) is 2.18. The maximum atomic E-state index is 12.9. The molecular weight excluding hydrogens is 243 g/mol. The summed E-state index contributed by atoms with van der Waals surface area (Å²) in [5.41, 5.74) is 1.02. The predicted octanol–water partition coefficient (Wildman–Crippen LogP) is 2.40. The number of nitrogens with one attached hydrogen (secondary N) is 1. The highest BCUT2D eigenvalue weighted by molar-refractivity contribution is 5.45. The van der Waals surface area contributed by atoms with Gasteiger partial charge in [-0.25, -0.2) is 4.39 Å². The van der Waals surface area contributed by atoms with Crippen LogP contribution in [0.5, 0.6) is 0 Å². The first-order valence-electron chi connectivity index (χ1n) is 6.94. The maximum absolute atomic E-state index is 12.9. The van der Waals surface area contributed by atoms with Crippen molar-refractivity contribution in [2.45, 2.75) is 39.3 Å². The van der Waals surface area contributed by atoms with Gasteiger partial charge in [-0.05, 0) is 37.6 Å². The van der Waals surface area contributed by atoms with Crippen LogP contribution in [0.15, 0.2) is 24.3 Å². The van der Waals surface area contributed by atoms with Gasteiger partial charge in [0.05, 0.1) is 6.61 Å². The number of rotatable bonds is 8. The van der Waals surface area contributed by atoms with Crippen LogP contribution >= 0.6 is 0 Å². The fourth-order valence-corrected chi connectivity index (χ4v) is 2.13. The first-order valence-corrected chi connectivity index (χ1v) is 6.94. The van der Waals surface area contributed by atoms with Crippen LogP contribution in [0.4, 0.5) is 10.1 Å². The standard InChI is InChI=1S/C15H25FN2O/c1-4-18(15-7-5-13(16)6-8-15)10-9-14(11-19)17-12(2)3/h5-8,12,14,17,19H,4,9-11H2,1-3H3. The van der Waals surface area contributed by atoms with E-state index in [9.17, 15) is 9.50 Å². The Morgan fingerprint density at radius 2 is 1.89 bits per heavy atom. The van der Waals surface area contributed by atoms with Crippen molar-refractivity contribution in [3.8, 4) is 0 Å². The van der Waals surface area contributed by atoms with Crippen LogP contribution < -0.4 is 10.2 Å². The smallest absolute Gasteiger partial charge is 0.123 e. The number of halogens is 1. The SMILES string of the molecule is CCN(CCC(CO)NC(C)C)c1ccc(F)cc1. The molecule has 1 rings (SSSR count).